The Labute approximate surface area is 107 Å². The normalized spacial score (nSPS) is 10.2. The molecule has 1 amide bonds. The van der Waals surface area contributed by atoms with Gasteiger partial charge in [0.25, 0.3) is 0 Å². The minimum atomic E-state index is -0.321. The third kappa shape index (κ3) is 4.24. The zero-order chi connectivity index (χ0) is 13.5. The zero-order valence-electron chi connectivity index (χ0n) is 10.8. The first kappa shape index (κ1) is 14.3. The minimum absolute atomic E-state index is 0.00163. The Bertz CT molecular complexity index is 421. The van der Waals surface area contributed by atoms with Crippen molar-refractivity contribution in [3.05, 3.63) is 23.5 Å². The van der Waals surface area contributed by atoms with E-state index in [0.717, 1.165) is 6.42 Å². The summed E-state index contributed by atoms with van der Waals surface area (Å²) < 4.78 is 13.2. The molecule has 0 spiro atoms. The summed E-state index contributed by atoms with van der Waals surface area (Å²) in [7, 11) is 0. The molecule has 0 aliphatic heterocycles. The second-order valence-corrected chi connectivity index (χ2v) is 4.22. The van der Waals surface area contributed by atoms with Gasteiger partial charge in [-0.25, -0.2) is 4.39 Å². The quantitative estimate of drug-likeness (QED) is 0.680. The Morgan fingerprint density at radius 3 is 2.78 bits per heavy atom. The van der Waals surface area contributed by atoms with E-state index < -0.39 is 0 Å². The average molecular weight is 253 g/mol. The minimum Gasteiger partial charge on any atom is -0.397 e. The van der Waals surface area contributed by atoms with Crippen LogP contribution >= 0.6 is 0 Å². The van der Waals surface area contributed by atoms with E-state index in [1.165, 1.54) is 6.07 Å². The van der Waals surface area contributed by atoms with Crippen LogP contribution in [0.2, 0.25) is 0 Å². The zero-order valence-corrected chi connectivity index (χ0v) is 10.8. The van der Waals surface area contributed by atoms with Crippen LogP contribution in [0.3, 0.4) is 0 Å². The van der Waals surface area contributed by atoms with Gasteiger partial charge in [0.15, 0.2) is 0 Å². The van der Waals surface area contributed by atoms with E-state index in [4.69, 9.17) is 5.73 Å². The number of carbonyl (C=O) groups excluding carboxylic acids is 1. The third-order valence-corrected chi connectivity index (χ3v) is 2.57. The van der Waals surface area contributed by atoms with Crippen molar-refractivity contribution >= 4 is 17.3 Å². The Morgan fingerprint density at radius 2 is 2.11 bits per heavy atom. The van der Waals surface area contributed by atoms with Gasteiger partial charge in [0.1, 0.15) is 5.82 Å². The van der Waals surface area contributed by atoms with E-state index in [1.54, 1.807) is 13.0 Å². The molecule has 4 nitrogen and oxygen atoms in total. The van der Waals surface area contributed by atoms with Gasteiger partial charge in [-0.15, -0.1) is 0 Å². The molecule has 4 N–H and O–H groups in total. The Kier molecular flexibility index (Phi) is 5.42. The number of anilines is 2. The van der Waals surface area contributed by atoms with Crippen molar-refractivity contribution in [1.82, 2.24) is 5.32 Å². The number of nitrogens with one attached hydrogen (secondary N) is 2. The van der Waals surface area contributed by atoms with Gasteiger partial charge in [0.05, 0.1) is 11.4 Å². The van der Waals surface area contributed by atoms with Crippen molar-refractivity contribution in [3.63, 3.8) is 0 Å². The van der Waals surface area contributed by atoms with Crippen LogP contribution in [0.25, 0.3) is 0 Å². The van der Waals surface area contributed by atoms with Gasteiger partial charge < -0.3 is 16.4 Å². The number of halogens is 1. The van der Waals surface area contributed by atoms with Crippen molar-refractivity contribution < 1.29 is 9.18 Å². The first-order chi connectivity index (χ1) is 8.54. The highest BCUT2D eigenvalue weighted by Crippen LogP contribution is 2.22. The lowest BCUT2D eigenvalue weighted by molar-refractivity contribution is -0.120. The summed E-state index contributed by atoms with van der Waals surface area (Å²) in [5, 5.41) is 5.82. The molecule has 0 heterocycles. The predicted octanol–water partition coefficient (Wildman–Crippen LogP) is 2.04. The number of carbonyl (C=O) groups is 1. The van der Waals surface area contributed by atoms with Crippen LogP contribution in [0.1, 0.15) is 25.3 Å². The summed E-state index contributed by atoms with van der Waals surface area (Å²) in [6.07, 6.45) is 1.29. The highest BCUT2D eigenvalue weighted by atomic mass is 19.1. The molecule has 0 aliphatic rings. The molecule has 1 aromatic carbocycles. The van der Waals surface area contributed by atoms with E-state index in [1.807, 2.05) is 6.92 Å². The van der Waals surface area contributed by atoms with E-state index >= 15 is 0 Å². The number of rotatable bonds is 6. The molecular formula is C13H20FN3O. The maximum absolute atomic E-state index is 13.2. The maximum Gasteiger partial charge on any atom is 0.221 e. The molecule has 0 aromatic heterocycles. The molecule has 0 fully saturated rings. The fourth-order valence-corrected chi connectivity index (χ4v) is 1.51. The molecule has 0 saturated heterocycles. The topological polar surface area (TPSA) is 67.2 Å². The van der Waals surface area contributed by atoms with Gasteiger partial charge in [-0.3, -0.25) is 4.79 Å². The third-order valence-electron chi connectivity index (χ3n) is 2.57. The van der Waals surface area contributed by atoms with E-state index in [2.05, 4.69) is 10.6 Å². The second kappa shape index (κ2) is 6.83. The number of hydrogen-bond acceptors (Lipinski definition) is 3. The van der Waals surface area contributed by atoms with Gasteiger partial charge in [0.2, 0.25) is 5.91 Å². The molecule has 0 unspecified atom stereocenters. The van der Waals surface area contributed by atoms with E-state index in [-0.39, 0.29) is 11.7 Å². The molecule has 0 bridgehead atoms. The summed E-state index contributed by atoms with van der Waals surface area (Å²) in [6, 6.07) is 2.93. The summed E-state index contributed by atoms with van der Waals surface area (Å²) in [4.78, 5) is 11.4. The summed E-state index contributed by atoms with van der Waals surface area (Å²) >= 11 is 0. The molecule has 5 heteroatoms. The summed E-state index contributed by atoms with van der Waals surface area (Å²) in [6.45, 7) is 4.84. The van der Waals surface area contributed by atoms with Crippen molar-refractivity contribution in [3.8, 4) is 0 Å². The van der Waals surface area contributed by atoms with Crippen LogP contribution in [0.5, 0.6) is 0 Å². The molecule has 1 rings (SSSR count). The second-order valence-electron chi connectivity index (χ2n) is 4.22. The highest BCUT2D eigenvalue weighted by molar-refractivity contribution is 5.76. The number of amides is 1. The Hall–Kier alpha value is -1.78. The fraction of sp³-hybridized carbons (Fsp3) is 0.462. The lowest BCUT2D eigenvalue weighted by atomic mass is 10.2. The predicted molar refractivity (Wildman–Crippen MR) is 72.0 cm³/mol. The van der Waals surface area contributed by atoms with Crippen LogP contribution in [0.4, 0.5) is 15.8 Å². The van der Waals surface area contributed by atoms with Crippen molar-refractivity contribution in [2.45, 2.75) is 26.7 Å². The van der Waals surface area contributed by atoms with Crippen molar-refractivity contribution in [1.29, 1.82) is 0 Å². The van der Waals surface area contributed by atoms with E-state index in [9.17, 15) is 9.18 Å². The van der Waals surface area contributed by atoms with Gasteiger partial charge in [-0.1, -0.05) is 6.92 Å². The Balaban J connectivity index is 2.44. The van der Waals surface area contributed by atoms with Gasteiger partial charge in [-0.2, -0.15) is 0 Å². The molecule has 0 atom stereocenters. The van der Waals surface area contributed by atoms with Gasteiger partial charge in [-0.05, 0) is 31.0 Å². The molecule has 0 saturated carbocycles. The summed E-state index contributed by atoms with van der Waals surface area (Å²) in [5.74, 6) is -0.319. The molecule has 100 valence electrons. The SMILES string of the molecule is CCCNC(=O)CCNc1cc(C)c(F)cc1N. The number of aryl methyl sites for hydroxylation is 1. The fourth-order valence-electron chi connectivity index (χ4n) is 1.51. The van der Waals surface area contributed by atoms with Crippen molar-refractivity contribution in [2.24, 2.45) is 0 Å². The molecule has 0 radical (unpaired) electrons. The molecule has 1 aromatic rings. The van der Waals surface area contributed by atoms with E-state index in [0.29, 0.717) is 36.4 Å². The standard InChI is InChI=1S/C13H20FN3O/c1-3-5-17-13(18)4-6-16-12-7-9(2)10(14)8-11(12)15/h7-8,16H,3-6,15H2,1-2H3,(H,17,18). The highest BCUT2D eigenvalue weighted by Gasteiger charge is 2.05. The van der Waals surface area contributed by atoms with Crippen LogP contribution in [-0.2, 0) is 4.79 Å². The first-order valence-electron chi connectivity index (χ1n) is 6.10. The van der Waals surface area contributed by atoms with Crippen LogP contribution in [0.15, 0.2) is 12.1 Å². The van der Waals surface area contributed by atoms with Crippen LogP contribution in [0, 0.1) is 12.7 Å². The average Bonchev–Trinajstić information content (AvgIpc) is 2.33. The maximum atomic E-state index is 13.2. The smallest absolute Gasteiger partial charge is 0.221 e. The monoisotopic (exact) mass is 253 g/mol. The summed E-state index contributed by atoms with van der Waals surface area (Å²) in [5.41, 5.74) is 7.23. The first-order valence-corrected chi connectivity index (χ1v) is 6.10. The number of hydrogen-bond donors (Lipinski definition) is 3. The van der Waals surface area contributed by atoms with Crippen LogP contribution in [-0.4, -0.2) is 19.0 Å². The van der Waals surface area contributed by atoms with Crippen LogP contribution < -0.4 is 16.4 Å². The largest absolute Gasteiger partial charge is 0.397 e. The van der Waals surface area contributed by atoms with Crippen molar-refractivity contribution in [2.75, 3.05) is 24.1 Å². The Morgan fingerprint density at radius 1 is 1.39 bits per heavy atom. The van der Waals surface area contributed by atoms with Gasteiger partial charge >= 0.3 is 0 Å². The molecule has 0 aliphatic carbocycles. The molecule has 18 heavy (non-hydrogen) atoms. The molecular weight excluding hydrogens is 233 g/mol. The number of benzene rings is 1. The number of nitrogens with two attached hydrogens (primary N) is 1. The van der Waals surface area contributed by atoms with Gasteiger partial charge in [0, 0.05) is 19.5 Å². The lowest BCUT2D eigenvalue weighted by Crippen LogP contribution is -2.26. The number of nitrogen functional groups attached to an aromatic ring is 1. The lowest BCUT2D eigenvalue weighted by Gasteiger charge is -2.10.